The topological polar surface area (TPSA) is 79.5 Å². The Morgan fingerprint density at radius 2 is 2.05 bits per heavy atom. The van der Waals surface area contributed by atoms with E-state index < -0.39 is 35.2 Å². The van der Waals surface area contributed by atoms with Gasteiger partial charge < -0.3 is 14.8 Å². The van der Waals surface area contributed by atoms with Crippen molar-refractivity contribution >= 4 is 16.9 Å². The second-order valence-electron chi connectivity index (χ2n) is 5.02. The first-order valence-electron chi connectivity index (χ1n) is 6.35. The zero-order chi connectivity index (χ0) is 15.3. The van der Waals surface area contributed by atoms with Crippen molar-refractivity contribution in [3.05, 3.63) is 45.2 Å². The molecule has 0 atom stereocenters. The van der Waals surface area contributed by atoms with Gasteiger partial charge in [-0.15, -0.1) is 0 Å². The molecule has 0 amide bonds. The Morgan fingerprint density at radius 1 is 1.38 bits per heavy atom. The van der Waals surface area contributed by atoms with Crippen molar-refractivity contribution in [2.45, 2.75) is 25.5 Å². The molecule has 1 fully saturated rings. The Kier molecular flexibility index (Phi) is 3.02. The monoisotopic (exact) mass is 295 g/mol. The van der Waals surface area contributed by atoms with Crippen LogP contribution >= 0.6 is 0 Å². The van der Waals surface area contributed by atoms with Gasteiger partial charge in [0, 0.05) is 17.8 Å². The number of carbonyl (C=O) groups is 1. The summed E-state index contributed by atoms with van der Waals surface area (Å²) >= 11 is 0. The molecule has 1 aromatic heterocycles. The second-order valence-corrected chi connectivity index (χ2v) is 5.02. The smallest absolute Gasteiger partial charge is 0.341 e. The van der Waals surface area contributed by atoms with E-state index in [1.807, 2.05) is 0 Å². The van der Waals surface area contributed by atoms with Crippen molar-refractivity contribution in [1.82, 2.24) is 4.57 Å². The lowest BCUT2D eigenvalue weighted by atomic mass is 10.1. The van der Waals surface area contributed by atoms with Crippen LogP contribution in [0.3, 0.4) is 0 Å². The lowest BCUT2D eigenvalue weighted by molar-refractivity contribution is 0.0695. The number of fused-ring (bicyclic) bond motifs is 1. The molecule has 0 radical (unpaired) electrons. The maximum Gasteiger partial charge on any atom is 0.341 e. The van der Waals surface area contributed by atoms with Crippen molar-refractivity contribution in [3.63, 3.8) is 0 Å². The van der Waals surface area contributed by atoms with E-state index in [0.29, 0.717) is 6.07 Å². The van der Waals surface area contributed by atoms with Crippen molar-refractivity contribution in [3.8, 4) is 0 Å². The van der Waals surface area contributed by atoms with Crippen LogP contribution in [0.1, 0.15) is 34.8 Å². The molecule has 0 unspecified atom stereocenters. The Morgan fingerprint density at radius 3 is 2.57 bits per heavy atom. The number of rotatable bonds is 3. The first kappa shape index (κ1) is 13.7. The van der Waals surface area contributed by atoms with E-state index in [1.165, 1.54) is 4.57 Å². The van der Waals surface area contributed by atoms with Gasteiger partial charge in [-0.1, -0.05) is 0 Å². The van der Waals surface area contributed by atoms with Gasteiger partial charge in [0.2, 0.25) is 5.43 Å². The zero-order valence-corrected chi connectivity index (χ0v) is 10.8. The van der Waals surface area contributed by atoms with E-state index in [4.69, 9.17) is 5.11 Å². The third-order valence-corrected chi connectivity index (χ3v) is 3.63. The van der Waals surface area contributed by atoms with Crippen LogP contribution in [-0.4, -0.2) is 20.7 Å². The van der Waals surface area contributed by atoms with Crippen LogP contribution in [0.15, 0.2) is 17.1 Å². The summed E-state index contributed by atoms with van der Waals surface area (Å²) < 4.78 is 28.8. The molecule has 21 heavy (non-hydrogen) atoms. The summed E-state index contributed by atoms with van der Waals surface area (Å²) in [7, 11) is 0. The largest absolute Gasteiger partial charge is 0.477 e. The lowest BCUT2D eigenvalue weighted by Crippen LogP contribution is -2.20. The normalized spacial score (nSPS) is 14.6. The number of halogens is 2. The van der Waals surface area contributed by atoms with Gasteiger partial charge in [-0.25, -0.2) is 13.6 Å². The average Bonchev–Trinajstić information content (AvgIpc) is 3.26. The number of aromatic carboxylic acids is 1. The molecule has 1 heterocycles. The quantitative estimate of drug-likeness (QED) is 0.905. The van der Waals surface area contributed by atoms with E-state index >= 15 is 0 Å². The molecule has 0 saturated heterocycles. The Labute approximate surface area is 117 Å². The minimum atomic E-state index is -1.42. The highest BCUT2D eigenvalue weighted by Gasteiger charge is 2.29. The summed E-state index contributed by atoms with van der Waals surface area (Å²) in [6.45, 7) is -0.779. The number of carboxylic acids is 1. The minimum Gasteiger partial charge on any atom is -0.477 e. The molecule has 5 nitrogen and oxygen atoms in total. The summed E-state index contributed by atoms with van der Waals surface area (Å²) in [6, 6.07) is 0.624. The minimum absolute atomic E-state index is 0.0638. The van der Waals surface area contributed by atoms with E-state index in [0.717, 1.165) is 19.0 Å². The van der Waals surface area contributed by atoms with Crippen LogP contribution in [-0.2, 0) is 6.61 Å². The lowest BCUT2D eigenvalue weighted by Gasteiger charge is -2.15. The molecule has 1 saturated carbocycles. The molecular weight excluding hydrogens is 284 g/mol. The number of carboxylic acid groups (broad SMARTS) is 1. The van der Waals surface area contributed by atoms with Gasteiger partial charge in [-0.05, 0) is 18.9 Å². The predicted octanol–water partition coefficient (Wildman–Crippen LogP) is 1.81. The van der Waals surface area contributed by atoms with E-state index in [1.54, 1.807) is 0 Å². The Hall–Kier alpha value is -2.28. The molecule has 1 aromatic carbocycles. The predicted molar refractivity (Wildman–Crippen MR) is 69.3 cm³/mol. The molecule has 0 spiro atoms. The van der Waals surface area contributed by atoms with Gasteiger partial charge in [0.05, 0.1) is 17.5 Å². The average molecular weight is 295 g/mol. The third kappa shape index (κ3) is 2.01. The van der Waals surface area contributed by atoms with Gasteiger partial charge in [-0.2, -0.15) is 0 Å². The van der Waals surface area contributed by atoms with Crippen molar-refractivity contribution in [2.24, 2.45) is 0 Å². The highest BCUT2D eigenvalue weighted by molar-refractivity contribution is 5.93. The molecule has 3 rings (SSSR count). The number of aromatic nitrogens is 1. The second kappa shape index (κ2) is 4.63. The SMILES string of the molecule is O=C(O)c1cn(C2CC2)c2c(CO)c(F)c(F)cc2c1=O. The molecule has 0 aliphatic heterocycles. The molecule has 110 valence electrons. The van der Waals surface area contributed by atoms with Crippen molar-refractivity contribution in [2.75, 3.05) is 0 Å². The number of aliphatic hydroxyl groups is 1. The fraction of sp³-hybridized carbons (Fsp3) is 0.286. The molecule has 2 N–H and O–H groups in total. The van der Waals surface area contributed by atoms with E-state index in [-0.39, 0.29) is 22.5 Å². The summed E-state index contributed by atoms with van der Waals surface area (Å²) in [5.41, 5.74) is -1.65. The molecule has 2 aromatic rings. The van der Waals surface area contributed by atoms with Gasteiger partial charge >= 0.3 is 5.97 Å². The summed E-state index contributed by atoms with van der Waals surface area (Å²) in [5.74, 6) is -3.93. The molecule has 0 bridgehead atoms. The molecule has 7 heteroatoms. The highest BCUT2D eigenvalue weighted by Crippen LogP contribution is 2.38. The van der Waals surface area contributed by atoms with Gasteiger partial charge in [0.15, 0.2) is 11.6 Å². The molecular formula is C14H11F2NO4. The first-order valence-corrected chi connectivity index (χ1v) is 6.35. The summed E-state index contributed by atoms with van der Waals surface area (Å²) in [6.07, 6.45) is 2.64. The van der Waals surface area contributed by atoms with Crippen molar-refractivity contribution < 1.29 is 23.8 Å². The number of pyridine rings is 1. The van der Waals surface area contributed by atoms with Crippen LogP contribution in [0.2, 0.25) is 0 Å². The number of nitrogens with zero attached hydrogens (tertiary/aromatic N) is 1. The van der Waals surface area contributed by atoms with Crippen LogP contribution < -0.4 is 5.43 Å². The van der Waals surface area contributed by atoms with Gasteiger partial charge in [0.1, 0.15) is 5.56 Å². The fourth-order valence-electron chi connectivity index (χ4n) is 2.48. The fourth-order valence-corrected chi connectivity index (χ4v) is 2.48. The van der Waals surface area contributed by atoms with Crippen LogP contribution in [0.4, 0.5) is 8.78 Å². The van der Waals surface area contributed by atoms with E-state index in [9.17, 15) is 23.5 Å². The highest BCUT2D eigenvalue weighted by atomic mass is 19.2. The number of hydrogen-bond donors (Lipinski definition) is 2. The van der Waals surface area contributed by atoms with E-state index in [2.05, 4.69) is 0 Å². The molecule has 1 aliphatic carbocycles. The van der Waals surface area contributed by atoms with Crippen LogP contribution in [0.25, 0.3) is 10.9 Å². The number of benzene rings is 1. The summed E-state index contributed by atoms with van der Waals surface area (Å²) in [4.78, 5) is 23.3. The maximum absolute atomic E-state index is 13.8. The Bertz CT molecular complexity index is 824. The Balaban J connectivity index is 2.52. The van der Waals surface area contributed by atoms with Crippen LogP contribution in [0.5, 0.6) is 0 Å². The zero-order valence-electron chi connectivity index (χ0n) is 10.8. The standard InChI is InChI=1S/C14H11F2NO4/c15-10-3-7-12(9(5-18)11(10)16)17(6-1-2-6)4-8(13(7)19)14(20)21/h3-4,6,18H,1-2,5H2,(H,20,21). The van der Waals surface area contributed by atoms with Gasteiger partial charge in [0.25, 0.3) is 0 Å². The maximum atomic E-state index is 13.8. The summed E-state index contributed by atoms with van der Waals surface area (Å²) in [5, 5.41) is 18.1. The first-order chi connectivity index (χ1) is 9.95. The number of aliphatic hydroxyl groups excluding tert-OH is 1. The number of hydrogen-bond acceptors (Lipinski definition) is 3. The van der Waals surface area contributed by atoms with Crippen LogP contribution in [0, 0.1) is 11.6 Å². The molecule has 1 aliphatic rings. The van der Waals surface area contributed by atoms with Crippen molar-refractivity contribution in [1.29, 1.82) is 0 Å². The third-order valence-electron chi connectivity index (χ3n) is 3.63. The van der Waals surface area contributed by atoms with Gasteiger partial charge in [-0.3, -0.25) is 4.79 Å².